The molecular formula is C10H14N2O4. The molecule has 1 atom stereocenters. The standard InChI is InChI=1S/C10H14N2O4/c1-10(2)5-6(3-4-16-10)12-8(14)7(13)11-9(12)15/h6H,3-5H2,1-2H3,(H,11,13,15). The van der Waals surface area contributed by atoms with Crippen LogP contribution in [-0.2, 0) is 14.3 Å². The molecule has 2 aliphatic heterocycles. The lowest BCUT2D eigenvalue weighted by Gasteiger charge is -2.38. The predicted molar refractivity (Wildman–Crippen MR) is 53.4 cm³/mol. The molecule has 0 radical (unpaired) electrons. The summed E-state index contributed by atoms with van der Waals surface area (Å²) in [5, 5.41) is 2.00. The monoisotopic (exact) mass is 226 g/mol. The Balaban J connectivity index is 2.16. The number of amides is 4. The number of carbonyl (C=O) groups excluding carboxylic acids is 3. The third-order valence-corrected chi connectivity index (χ3v) is 2.89. The predicted octanol–water partition coefficient (Wildman–Crippen LogP) is 0.0224. The van der Waals surface area contributed by atoms with Gasteiger partial charge in [-0.25, -0.2) is 4.79 Å². The molecule has 6 nitrogen and oxygen atoms in total. The van der Waals surface area contributed by atoms with Gasteiger partial charge in [0, 0.05) is 12.6 Å². The number of ether oxygens (including phenoxy) is 1. The summed E-state index contributed by atoms with van der Waals surface area (Å²) in [5.74, 6) is -1.60. The van der Waals surface area contributed by atoms with E-state index in [1.54, 1.807) is 0 Å². The lowest BCUT2D eigenvalue weighted by molar-refractivity contribution is -0.143. The molecule has 0 aromatic rings. The van der Waals surface area contributed by atoms with Crippen LogP contribution >= 0.6 is 0 Å². The van der Waals surface area contributed by atoms with Crippen LogP contribution in [0, 0.1) is 0 Å². The number of hydrogen-bond donors (Lipinski definition) is 1. The smallest absolute Gasteiger partial charge is 0.331 e. The average Bonchev–Trinajstić information content (AvgIpc) is 2.39. The molecule has 2 rings (SSSR count). The normalized spacial score (nSPS) is 29.5. The summed E-state index contributed by atoms with van der Waals surface area (Å²) < 4.78 is 5.50. The van der Waals surface area contributed by atoms with Crippen molar-refractivity contribution in [1.29, 1.82) is 0 Å². The first-order chi connectivity index (χ1) is 7.41. The molecule has 88 valence electrons. The van der Waals surface area contributed by atoms with Crippen LogP contribution in [0.3, 0.4) is 0 Å². The zero-order chi connectivity index (χ0) is 11.9. The van der Waals surface area contributed by atoms with Gasteiger partial charge in [-0.3, -0.25) is 19.8 Å². The van der Waals surface area contributed by atoms with E-state index in [4.69, 9.17) is 4.74 Å². The van der Waals surface area contributed by atoms with Gasteiger partial charge in [-0.1, -0.05) is 0 Å². The molecule has 2 aliphatic rings. The number of rotatable bonds is 1. The first-order valence-electron chi connectivity index (χ1n) is 5.23. The minimum Gasteiger partial charge on any atom is -0.375 e. The van der Waals surface area contributed by atoms with Gasteiger partial charge in [0.2, 0.25) is 0 Å². The average molecular weight is 226 g/mol. The molecule has 0 spiro atoms. The highest BCUT2D eigenvalue weighted by molar-refractivity contribution is 6.44. The molecule has 0 bridgehead atoms. The summed E-state index contributed by atoms with van der Waals surface area (Å²) in [6, 6.07) is -0.861. The van der Waals surface area contributed by atoms with E-state index in [0.717, 1.165) is 4.90 Å². The molecular weight excluding hydrogens is 212 g/mol. The first kappa shape index (κ1) is 11.1. The molecule has 0 aromatic carbocycles. The molecule has 2 fully saturated rings. The molecule has 6 heteroatoms. The summed E-state index contributed by atoms with van der Waals surface area (Å²) >= 11 is 0. The van der Waals surface area contributed by atoms with Crippen molar-refractivity contribution in [2.75, 3.05) is 6.61 Å². The maximum absolute atomic E-state index is 11.5. The van der Waals surface area contributed by atoms with Crippen LogP contribution in [-0.4, -0.2) is 41.0 Å². The fourth-order valence-corrected chi connectivity index (χ4v) is 2.16. The highest BCUT2D eigenvalue weighted by atomic mass is 16.5. The van der Waals surface area contributed by atoms with Gasteiger partial charge in [-0.05, 0) is 26.7 Å². The van der Waals surface area contributed by atoms with Gasteiger partial charge in [0.05, 0.1) is 5.60 Å². The number of imide groups is 2. The second-order valence-electron chi connectivity index (χ2n) is 4.69. The van der Waals surface area contributed by atoms with E-state index in [0.29, 0.717) is 19.4 Å². The highest BCUT2D eigenvalue weighted by Crippen LogP contribution is 2.28. The van der Waals surface area contributed by atoms with Crippen molar-refractivity contribution >= 4 is 17.8 Å². The molecule has 0 saturated carbocycles. The minimum absolute atomic E-state index is 0.248. The number of nitrogens with one attached hydrogen (secondary N) is 1. The van der Waals surface area contributed by atoms with Gasteiger partial charge < -0.3 is 4.74 Å². The topological polar surface area (TPSA) is 75.7 Å². The summed E-state index contributed by atoms with van der Waals surface area (Å²) in [4.78, 5) is 35.0. The van der Waals surface area contributed by atoms with Crippen molar-refractivity contribution in [2.24, 2.45) is 0 Å². The van der Waals surface area contributed by atoms with Crippen LogP contribution in [0.5, 0.6) is 0 Å². The summed E-state index contributed by atoms with van der Waals surface area (Å²) in [6.45, 7) is 4.29. The van der Waals surface area contributed by atoms with E-state index in [1.807, 2.05) is 19.2 Å². The zero-order valence-electron chi connectivity index (χ0n) is 9.28. The summed E-state index contributed by atoms with van der Waals surface area (Å²) in [6.07, 6.45) is 1.13. The van der Waals surface area contributed by atoms with E-state index in [-0.39, 0.29) is 11.6 Å². The van der Waals surface area contributed by atoms with Crippen molar-refractivity contribution in [3.63, 3.8) is 0 Å². The third-order valence-electron chi connectivity index (χ3n) is 2.89. The van der Waals surface area contributed by atoms with Gasteiger partial charge in [0.15, 0.2) is 0 Å². The van der Waals surface area contributed by atoms with E-state index in [1.165, 1.54) is 0 Å². The number of nitrogens with zero attached hydrogens (tertiary/aromatic N) is 1. The van der Waals surface area contributed by atoms with E-state index < -0.39 is 17.8 Å². The Morgan fingerprint density at radius 1 is 1.38 bits per heavy atom. The Morgan fingerprint density at radius 2 is 2.06 bits per heavy atom. The van der Waals surface area contributed by atoms with E-state index in [9.17, 15) is 14.4 Å². The van der Waals surface area contributed by atoms with Crippen LogP contribution in [0.25, 0.3) is 0 Å². The molecule has 16 heavy (non-hydrogen) atoms. The molecule has 0 aromatic heterocycles. The summed E-state index contributed by atoms with van der Waals surface area (Å²) in [7, 11) is 0. The Labute approximate surface area is 92.9 Å². The van der Waals surface area contributed by atoms with E-state index in [2.05, 4.69) is 0 Å². The van der Waals surface area contributed by atoms with Crippen LogP contribution in [0.1, 0.15) is 26.7 Å². The van der Waals surface area contributed by atoms with Crippen LogP contribution in [0.2, 0.25) is 0 Å². The largest absolute Gasteiger partial charge is 0.375 e. The SMILES string of the molecule is CC1(C)CC(N2C(=O)NC(=O)C2=O)CCO1. The van der Waals surface area contributed by atoms with Gasteiger partial charge in [-0.2, -0.15) is 0 Å². The van der Waals surface area contributed by atoms with Crippen molar-refractivity contribution in [2.45, 2.75) is 38.3 Å². The molecule has 2 saturated heterocycles. The molecule has 1 N–H and O–H groups in total. The fourth-order valence-electron chi connectivity index (χ4n) is 2.16. The summed E-state index contributed by atoms with van der Waals surface area (Å²) in [5.41, 5.74) is -0.366. The van der Waals surface area contributed by atoms with Crippen molar-refractivity contribution < 1.29 is 19.1 Å². The van der Waals surface area contributed by atoms with Gasteiger partial charge in [0.1, 0.15) is 0 Å². The minimum atomic E-state index is -0.839. The maximum atomic E-state index is 11.5. The van der Waals surface area contributed by atoms with Crippen LogP contribution in [0.4, 0.5) is 4.79 Å². The van der Waals surface area contributed by atoms with Crippen LogP contribution < -0.4 is 5.32 Å². The maximum Gasteiger partial charge on any atom is 0.331 e. The van der Waals surface area contributed by atoms with Gasteiger partial charge in [0.25, 0.3) is 0 Å². The Bertz CT molecular complexity index is 364. The molecule has 2 heterocycles. The first-order valence-corrected chi connectivity index (χ1v) is 5.23. The fraction of sp³-hybridized carbons (Fsp3) is 0.700. The highest BCUT2D eigenvalue weighted by Gasteiger charge is 2.44. The zero-order valence-corrected chi connectivity index (χ0v) is 9.28. The van der Waals surface area contributed by atoms with Crippen molar-refractivity contribution in [3.8, 4) is 0 Å². The molecule has 4 amide bonds. The van der Waals surface area contributed by atoms with Gasteiger partial charge in [-0.15, -0.1) is 0 Å². The van der Waals surface area contributed by atoms with Crippen LogP contribution in [0.15, 0.2) is 0 Å². The second kappa shape index (κ2) is 3.55. The lowest BCUT2D eigenvalue weighted by atomic mass is 9.93. The Kier molecular flexibility index (Phi) is 2.46. The third kappa shape index (κ3) is 1.80. The Hall–Kier alpha value is -1.43. The number of carbonyl (C=O) groups is 3. The number of hydrogen-bond acceptors (Lipinski definition) is 4. The lowest BCUT2D eigenvalue weighted by Crippen LogP contribution is -2.48. The second-order valence-corrected chi connectivity index (χ2v) is 4.69. The molecule has 1 unspecified atom stereocenters. The quantitative estimate of drug-likeness (QED) is 0.505. The van der Waals surface area contributed by atoms with E-state index >= 15 is 0 Å². The van der Waals surface area contributed by atoms with Crippen molar-refractivity contribution in [1.82, 2.24) is 10.2 Å². The van der Waals surface area contributed by atoms with Crippen molar-refractivity contribution in [3.05, 3.63) is 0 Å². The number of urea groups is 1. The van der Waals surface area contributed by atoms with Gasteiger partial charge >= 0.3 is 17.8 Å². The Morgan fingerprint density at radius 3 is 2.56 bits per heavy atom. The molecule has 0 aliphatic carbocycles.